The van der Waals surface area contributed by atoms with Crippen molar-refractivity contribution in [2.24, 2.45) is 17.8 Å². The molecule has 32 heavy (non-hydrogen) atoms. The summed E-state index contributed by atoms with van der Waals surface area (Å²) in [5, 5.41) is 6.22. The monoisotopic (exact) mass is 482 g/mol. The number of benzene rings is 1. The number of amides is 4. The van der Waals surface area contributed by atoms with Gasteiger partial charge in [0.15, 0.2) is 0 Å². The molecule has 3 aliphatic heterocycles. The van der Waals surface area contributed by atoms with Crippen LogP contribution in [-0.2, 0) is 14.3 Å². The number of ether oxygens (including phenoxy) is 1. The Morgan fingerprint density at radius 1 is 1.16 bits per heavy atom. The number of urea groups is 1. The summed E-state index contributed by atoms with van der Waals surface area (Å²) in [5.41, 5.74) is 0.960. The molecule has 3 fully saturated rings. The van der Waals surface area contributed by atoms with Crippen LogP contribution in [0, 0.1) is 17.8 Å². The molecule has 0 aliphatic carbocycles. The van der Waals surface area contributed by atoms with Crippen LogP contribution < -0.4 is 15.5 Å². The molecular weight excluding hydrogens is 455 g/mol. The van der Waals surface area contributed by atoms with Crippen molar-refractivity contribution < 1.29 is 19.1 Å². The molecule has 10 heteroatoms. The molecule has 3 saturated heterocycles. The standard InChI is InChI=1S/C22H28Cl2N4O4/c1-13(8-14-12-32-7-2-18(14)19-20(29)26-22(31)25-19)21(30)28-5-3-27(4-6-28)17-10-15(23)9-16(24)11-17/h9-11,13-14,18-19H,2-8,12H2,1H3,(H2,25,26,29,31). The SMILES string of the molecule is CC(CC1COCCC1C1NC(=O)NC1=O)C(=O)N1CCN(c2cc(Cl)cc(Cl)c2)CC1. The third kappa shape index (κ3) is 5.13. The van der Waals surface area contributed by atoms with E-state index in [-0.39, 0.29) is 29.6 Å². The van der Waals surface area contributed by atoms with Gasteiger partial charge in [0.05, 0.1) is 0 Å². The van der Waals surface area contributed by atoms with E-state index in [1.54, 1.807) is 6.07 Å². The zero-order valence-corrected chi connectivity index (χ0v) is 19.5. The Hall–Kier alpha value is -2.03. The Labute approximate surface area is 197 Å². The van der Waals surface area contributed by atoms with E-state index in [9.17, 15) is 14.4 Å². The summed E-state index contributed by atoms with van der Waals surface area (Å²) >= 11 is 12.2. The van der Waals surface area contributed by atoms with Gasteiger partial charge in [-0.05, 0) is 42.9 Å². The van der Waals surface area contributed by atoms with Gasteiger partial charge in [-0.2, -0.15) is 0 Å². The first kappa shape index (κ1) is 23.1. The van der Waals surface area contributed by atoms with Crippen molar-refractivity contribution in [1.29, 1.82) is 0 Å². The van der Waals surface area contributed by atoms with E-state index in [0.29, 0.717) is 62.3 Å². The number of carbonyl (C=O) groups excluding carboxylic acids is 3. The van der Waals surface area contributed by atoms with Gasteiger partial charge in [0.1, 0.15) is 6.04 Å². The molecule has 4 atom stereocenters. The quantitative estimate of drug-likeness (QED) is 0.629. The van der Waals surface area contributed by atoms with Crippen molar-refractivity contribution in [3.05, 3.63) is 28.2 Å². The number of piperazine rings is 1. The van der Waals surface area contributed by atoms with Crippen LogP contribution in [0.5, 0.6) is 0 Å². The average molecular weight is 483 g/mol. The van der Waals surface area contributed by atoms with Crippen LogP contribution >= 0.6 is 23.2 Å². The molecule has 0 bridgehead atoms. The number of hydrogen-bond donors (Lipinski definition) is 2. The van der Waals surface area contributed by atoms with Gasteiger partial charge >= 0.3 is 6.03 Å². The van der Waals surface area contributed by atoms with Crippen LogP contribution in [0.4, 0.5) is 10.5 Å². The predicted molar refractivity (Wildman–Crippen MR) is 122 cm³/mol. The van der Waals surface area contributed by atoms with E-state index in [0.717, 1.165) is 5.69 Å². The van der Waals surface area contributed by atoms with E-state index < -0.39 is 12.1 Å². The Kier molecular flexibility index (Phi) is 7.12. The number of rotatable bonds is 5. The number of hydrogen-bond acceptors (Lipinski definition) is 5. The summed E-state index contributed by atoms with van der Waals surface area (Å²) < 4.78 is 5.64. The summed E-state index contributed by atoms with van der Waals surface area (Å²) in [7, 11) is 0. The molecule has 8 nitrogen and oxygen atoms in total. The molecule has 0 radical (unpaired) electrons. The number of carbonyl (C=O) groups is 3. The number of nitrogens with zero attached hydrogens (tertiary/aromatic N) is 2. The minimum atomic E-state index is -0.549. The molecule has 1 aromatic carbocycles. The van der Waals surface area contributed by atoms with Crippen molar-refractivity contribution in [3.8, 4) is 0 Å². The number of halogens is 2. The summed E-state index contributed by atoms with van der Waals surface area (Å²) in [4.78, 5) is 40.9. The highest BCUT2D eigenvalue weighted by molar-refractivity contribution is 6.35. The summed E-state index contributed by atoms with van der Waals surface area (Å²) in [6.45, 7) is 5.64. The Balaban J connectivity index is 1.33. The largest absolute Gasteiger partial charge is 0.381 e. The number of imide groups is 1. The van der Waals surface area contributed by atoms with Gasteiger partial charge in [-0.3, -0.25) is 14.9 Å². The molecule has 0 spiro atoms. The lowest BCUT2D eigenvalue weighted by Crippen LogP contribution is -2.51. The minimum Gasteiger partial charge on any atom is -0.381 e. The van der Waals surface area contributed by atoms with Gasteiger partial charge < -0.3 is 19.9 Å². The van der Waals surface area contributed by atoms with Crippen molar-refractivity contribution in [3.63, 3.8) is 0 Å². The molecular formula is C22H28Cl2N4O4. The first-order valence-corrected chi connectivity index (χ1v) is 11.8. The number of nitrogens with one attached hydrogen (secondary N) is 2. The minimum absolute atomic E-state index is 0.0325. The van der Waals surface area contributed by atoms with Crippen molar-refractivity contribution in [2.75, 3.05) is 44.3 Å². The van der Waals surface area contributed by atoms with Gasteiger partial charge in [-0.1, -0.05) is 30.1 Å². The second kappa shape index (κ2) is 9.85. The molecule has 3 heterocycles. The topological polar surface area (TPSA) is 91.0 Å². The first-order chi connectivity index (χ1) is 15.3. The predicted octanol–water partition coefficient (Wildman–Crippen LogP) is 2.53. The molecule has 0 saturated carbocycles. The maximum Gasteiger partial charge on any atom is 0.322 e. The zero-order valence-electron chi connectivity index (χ0n) is 18.0. The molecule has 4 rings (SSSR count). The third-order valence-corrected chi connectivity index (χ3v) is 7.09. The number of anilines is 1. The van der Waals surface area contributed by atoms with E-state index in [4.69, 9.17) is 27.9 Å². The molecule has 174 valence electrons. The maximum atomic E-state index is 13.1. The summed E-state index contributed by atoms with van der Waals surface area (Å²) in [6.07, 6.45) is 1.30. The Morgan fingerprint density at radius 2 is 1.84 bits per heavy atom. The summed E-state index contributed by atoms with van der Waals surface area (Å²) in [5.74, 6) is -0.376. The lowest BCUT2D eigenvalue weighted by molar-refractivity contribution is -0.136. The fourth-order valence-corrected chi connectivity index (χ4v) is 5.52. The van der Waals surface area contributed by atoms with Crippen molar-refractivity contribution in [1.82, 2.24) is 15.5 Å². The van der Waals surface area contributed by atoms with E-state index in [1.165, 1.54) is 0 Å². The smallest absolute Gasteiger partial charge is 0.322 e. The van der Waals surface area contributed by atoms with Crippen LogP contribution in [-0.4, -0.2) is 68.2 Å². The van der Waals surface area contributed by atoms with Gasteiger partial charge in [0, 0.05) is 61.0 Å². The highest BCUT2D eigenvalue weighted by atomic mass is 35.5. The van der Waals surface area contributed by atoms with E-state index in [1.807, 2.05) is 24.0 Å². The van der Waals surface area contributed by atoms with Crippen molar-refractivity contribution >= 4 is 46.7 Å². The van der Waals surface area contributed by atoms with Crippen LogP contribution in [0.2, 0.25) is 10.0 Å². The zero-order chi connectivity index (χ0) is 22.8. The normalized spacial score (nSPS) is 27.2. The molecule has 3 aliphatic rings. The van der Waals surface area contributed by atoms with E-state index >= 15 is 0 Å². The van der Waals surface area contributed by atoms with Crippen LogP contribution in [0.15, 0.2) is 18.2 Å². The lowest BCUT2D eigenvalue weighted by Gasteiger charge is -2.39. The molecule has 4 unspecified atom stereocenters. The second-order valence-electron chi connectivity index (χ2n) is 8.80. The summed E-state index contributed by atoms with van der Waals surface area (Å²) in [6, 6.07) is 4.47. The van der Waals surface area contributed by atoms with Gasteiger partial charge in [0.2, 0.25) is 5.91 Å². The van der Waals surface area contributed by atoms with E-state index in [2.05, 4.69) is 15.5 Å². The van der Waals surface area contributed by atoms with Crippen LogP contribution in [0.3, 0.4) is 0 Å². The lowest BCUT2D eigenvalue weighted by atomic mass is 9.77. The fourth-order valence-electron chi connectivity index (χ4n) is 5.00. The highest BCUT2D eigenvalue weighted by Crippen LogP contribution is 2.32. The fraction of sp³-hybridized carbons (Fsp3) is 0.591. The average Bonchev–Trinajstić information content (AvgIpc) is 3.10. The molecule has 0 aromatic heterocycles. The van der Waals surface area contributed by atoms with Gasteiger partial charge in [-0.25, -0.2) is 4.79 Å². The molecule has 4 amide bonds. The first-order valence-electron chi connectivity index (χ1n) is 11.0. The Bertz CT molecular complexity index is 870. The maximum absolute atomic E-state index is 13.1. The van der Waals surface area contributed by atoms with Gasteiger partial charge in [-0.15, -0.1) is 0 Å². The molecule has 1 aromatic rings. The third-order valence-electron chi connectivity index (χ3n) is 6.65. The van der Waals surface area contributed by atoms with Crippen LogP contribution in [0.25, 0.3) is 0 Å². The molecule has 2 N–H and O–H groups in total. The highest BCUT2D eigenvalue weighted by Gasteiger charge is 2.42. The van der Waals surface area contributed by atoms with Gasteiger partial charge in [0.25, 0.3) is 5.91 Å². The Morgan fingerprint density at radius 3 is 2.47 bits per heavy atom. The van der Waals surface area contributed by atoms with Crippen LogP contribution in [0.1, 0.15) is 19.8 Å². The second-order valence-corrected chi connectivity index (χ2v) is 9.68. The van der Waals surface area contributed by atoms with Crippen molar-refractivity contribution in [2.45, 2.75) is 25.8 Å².